The number of aromatic nitrogens is 4. The number of rotatable bonds is 6. The van der Waals surface area contributed by atoms with Crippen LogP contribution in [0, 0.1) is 6.92 Å². The van der Waals surface area contributed by atoms with Crippen LogP contribution < -0.4 is 10.2 Å². The number of hydrogen-bond acceptors (Lipinski definition) is 6. The van der Waals surface area contributed by atoms with Crippen molar-refractivity contribution in [2.45, 2.75) is 39.5 Å². The summed E-state index contributed by atoms with van der Waals surface area (Å²) in [6, 6.07) is 12.1. The van der Waals surface area contributed by atoms with Crippen LogP contribution in [0.4, 0.5) is 11.5 Å². The third-order valence-corrected chi connectivity index (χ3v) is 6.31. The molecule has 0 aliphatic heterocycles. The second kappa shape index (κ2) is 9.17. The summed E-state index contributed by atoms with van der Waals surface area (Å²) in [6.45, 7) is 4.26. The first-order valence-electron chi connectivity index (χ1n) is 11.7. The fourth-order valence-corrected chi connectivity index (χ4v) is 4.54. The van der Waals surface area contributed by atoms with E-state index in [2.05, 4.69) is 46.5 Å². The van der Waals surface area contributed by atoms with E-state index in [0.29, 0.717) is 11.5 Å². The predicted octanol–water partition coefficient (Wildman–Crippen LogP) is 4.52. The smallest absolute Gasteiger partial charge is 0.243 e. The minimum Gasteiger partial charge on any atom is -0.350 e. The first-order valence-corrected chi connectivity index (χ1v) is 11.7. The lowest BCUT2D eigenvalue weighted by atomic mass is 10.0. The Morgan fingerprint density at radius 1 is 1.09 bits per heavy atom. The monoisotopic (exact) mass is 452 g/mol. The molecular weight excluding hydrogens is 424 g/mol. The number of nitrogens with zero attached hydrogens (tertiary/aromatic N) is 5. The van der Waals surface area contributed by atoms with Gasteiger partial charge in [0.15, 0.2) is 5.82 Å². The van der Waals surface area contributed by atoms with Crippen molar-refractivity contribution in [2.75, 3.05) is 23.8 Å². The van der Waals surface area contributed by atoms with E-state index >= 15 is 0 Å². The lowest BCUT2D eigenvalue weighted by molar-refractivity contribution is -0.114. The number of amides is 1. The summed E-state index contributed by atoms with van der Waals surface area (Å²) in [4.78, 5) is 33.3. The van der Waals surface area contributed by atoms with E-state index in [0.717, 1.165) is 59.5 Å². The molecule has 0 atom stereocenters. The van der Waals surface area contributed by atoms with E-state index in [1.165, 1.54) is 10.9 Å². The number of anilines is 2. The summed E-state index contributed by atoms with van der Waals surface area (Å²) < 4.78 is 0. The summed E-state index contributed by atoms with van der Waals surface area (Å²) in [5, 5.41) is 5.21. The molecule has 1 aromatic carbocycles. The fraction of sp³-hybridized carbons (Fsp3) is 0.296. The molecule has 1 aliphatic rings. The third-order valence-electron chi connectivity index (χ3n) is 6.31. The zero-order valence-electron chi connectivity index (χ0n) is 19.8. The van der Waals surface area contributed by atoms with Crippen molar-refractivity contribution >= 4 is 28.2 Å². The van der Waals surface area contributed by atoms with Gasteiger partial charge in [0.25, 0.3) is 0 Å². The quantitative estimate of drug-likeness (QED) is 0.463. The van der Waals surface area contributed by atoms with Crippen LogP contribution in [0.1, 0.15) is 35.9 Å². The second-order valence-electron chi connectivity index (χ2n) is 8.80. The van der Waals surface area contributed by atoms with Crippen molar-refractivity contribution in [1.29, 1.82) is 0 Å². The van der Waals surface area contributed by atoms with Crippen LogP contribution in [-0.4, -0.2) is 39.4 Å². The van der Waals surface area contributed by atoms with Crippen LogP contribution in [0.5, 0.6) is 0 Å². The first kappa shape index (κ1) is 21.9. The molecule has 0 bridgehead atoms. The van der Waals surface area contributed by atoms with E-state index in [9.17, 15) is 4.79 Å². The number of nitrogens with one attached hydrogen (secondary N) is 1. The van der Waals surface area contributed by atoms with Crippen LogP contribution in [0.25, 0.3) is 22.3 Å². The van der Waals surface area contributed by atoms with E-state index in [1.54, 1.807) is 6.20 Å². The molecule has 0 saturated carbocycles. The maximum absolute atomic E-state index is 12.7. The van der Waals surface area contributed by atoms with Crippen molar-refractivity contribution in [2.24, 2.45) is 0 Å². The highest BCUT2D eigenvalue weighted by Gasteiger charge is 2.23. The number of fused-ring (bicyclic) bond motifs is 2. The minimum atomic E-state index is -0.114. The van der Waals surface area contributed by atoms with Crippen LogP contribution in [0.15, 0.2) is 48.8 Å². The number of carbonyl (C=O) groups excluding carboxylic acids is 1. The van der Waals surface area contributed by atoms with E-state index < -0.39 is 0 Å². The number of benzene rings is 1. The molecule has 1 aliphatic carbocycles. The van der Waals surface area contributed by atoms with Gasteiger partial charge in [0.05, 0.1) is 18.4 Å². The summed E-state index contributed by atoms with van der Waals surface area (Å²) in [6.07, 6.45) is 7.40. The molecule has 7 heteroatoms. The maximum atomic E-state index is 12.7. The number of likely N-dealkylation sites (N-methyl/N-ethyl adjacent to an activating group) is 1. The Balaban J connectivity index is 1.45. The molecule has 3 heterocycles. The van der Waals surface area contributed by atoms with Crippen molar-refractivity contribution in [3.8, 4) is 11.5 Å². The zero-order valence-corrected chi connectivity index (χ0v) is 19.8. The standard InChI is InChI=1S/C27H28N6O/c1-4-18-7-5-8-19-14-29-24(13-22(18)19)26-31-23-10-6-9-21(23)27(32-26)33(3)16-25(34)30-20-12-11-17(2)28-15-20/h5,7-8,11-15H,4,6,9-10,16H2,1-3H3,(H,30,34). The fourth-order valence-electron chi connectivity index (χ4n) is 4.54. The van der Waals surface area contributed by atoms with Gasteiger partial charge in [-0.2, -0.15) is 0 Å². The lowest BCUT2D eigenvalue weighted by Crippen LogP contribution is -2.31. The van der Waals surface area contributed by atoms with Crippen molar-refractivity contribution in [3.63, 3.8) is 0 Å². The highest BCUT2D eigenvalue weighted by Crippen LogP contribution is 2.31. The molecule has 7 nitrogen and oxygen atoms in total. The van der Waals surface area contributed by atoms with Gasteiger partial charge >= 0.3 is 0 Å². The Kier molecular flexibility index (Phi) is 5.92. The van der Waals surface area contributed by atoms with Gasteiger partial charge in [-0.3, -0.25) is 14.8 Å². The number of hydrogen-bond donors (Lipinski definition) is 1. The molecule has 3 aromatic heterocycles. The molecule has 1 N–H and O–H groups in total. The molecule has 172 valence electrons. The summed E-state index contributed by atoms with van der Waals surface area (Å²) in [5.41, 5.74) is 5.82. The van der Waals surface area contributed by atoms with Crippen LogP contribution in [-0.2, 0) is 24.1 Å². The van der Waals surface area contributed by atoms with Gasteiger partial charge in [-0.15, -0.1) is 0 Å². The zero-order chi connectivity index (χ0) is 23.7. The Morgan fingerprint density at radius 2 is 1.97 bits per heavy atom. The Labute approximate surface area is 199 Å². The molecule has 1 amide bonds. The predicted molar refractivity (Wildman–Crippen MR) is 135 cm³/mol. The van der Waals surface area contributed by atoms with Gasteiger partial charge in [-0.05, 0) is 61.8 Å². The Hall–Kier alpha value is -3.87. The molecule has 4 aromatic rings. The van der Waals surface area contributed by atoms with Crippen LogP contribution in [0.3, 0.4) is 0 Å². The van der Waals surface area contributed by atoms with Gasteiger partial charge in [-0.25, -0.2) is 9.97 Å². The second-order valence-corrected chi connectivity index (χ2v) is 8.80. The number of aryl methyl sites for hydroxylation is 3. The minimum absolute atomic E-state index is 0.114. The molecule has 0 unspecified atom stereocenters. The largest absolute Gasteiger partial charge is 0.350 e. The third kappa shape index (κ3) is 4.33. The molecule has 0 fully saturated rings. The van der Waals surface area contributed by atoms with Crippen molar-refractivity contribution in [3.05, 3.63) is 71.3 Å². The highest BCUT2D eigenvalue weighted by atomic mass is 16.2. The van der Waals surface area contributed by atoms with E-state index in [-0.39, 0.29) is 12.5 Å². The first-order chi connectivity index (χ1) is 16.5. The van der Waals surface area contributed by atoms with Crippen LogP contribution >= 0.6 is 0 Å². The summed E-state index contributed by atoms with van der Waals surface area (Å²) in [7, 11) is 1.90. The molecule has 0 saturated heterocycles. The van der Waals surface area contributed by atoms with Gasteiger partial charge in [0, 0.05) is 35.6 Å². The average Bonchev–Trinajstić information content (AvgIpc) is 3.33. The Bertz CT molecular complexity index is 1370. The average molecular weight is 453 g/mol. The van der Waals surface area contributed by atoms with Gasteiger partial charge in [0.2, 0.25) is 5.91 Å². The topological polar surface area (TPSA) is 83.9 Å². The van der Waals surface area contributed by atoms with Gasteiger partial charge in [0.1, 0.15) is 11.5 Å². The summed E-state index contributed by atoms with van der Waals surface area (Å²) in [5.74, 6) is 1.30. The van der Waals surface area contributed by atoms with E-state index in [1.807, 2.05) is 37.2 Å². The normalized spacial score (nSPS) is 12.6. The highest BCUT2D eigenvalue weighted by molar-refractivity contribution is 5.94. The van der Waals surface area contributed by atoms with Crippen LogP contribution in [0.2, 0.25) is 0 Å². The van der Waals surface area contributed by atoms with Crippen molar-refractivity contribution in [1.82, 2.24) is 19.9 Å². The summed E-state index contributed by atoms with van der Waals surface area (Å²) >= 11 is 0. The van der Waals surface area contributed by atoms with Crippen molar-refractivity contribution < 1.29 is 4.79 Å². The SMILES string of the molecule is CCc1cccc2cnc(-c3nc4c(c(N(C)CC(=O)Nc5ccc(C)nc5)n3)CCC4)cc12. The molecule has 34 heavy (non-hydrogen) atoms. The molecule has 0 radical (unpaired) electrons. The lowest BCUT2D eigenvalue weighted by Gasteiger charge is -2.21. The van der Waals surface area contributed by atoms with E-state index in [4.69, 9.17) is 9.97 Å². The molecule has 0 spiro atoms. The molecular formula is C27H28N6O. The van der Waals surface area contributed by atoms with Gasteiger partial charge in [-0.1, -0.05) is 25.1 Å². The Morgan fingerprint density at radius 3 is 2.76 bits per heavy atom. The van der Waals surface area contributed by atoms with Gasteiger partial charge < -0.3 is 10.2 Å². The number of carbonyl (C=O) groups is 1. The maximum Gasteiger partial charge on any atom is 0.243 e. The molecule has 5 rings (SSSR count). The number of pyridine rings is 2.